The summed E-state index contributed by atoms with van der Waals surface area (Å²) in [7, 11) is -3.61. The van der Waals surface area contributed by atoms with Crippen LogP contribution in [0.1, 0.15) is 12.8 Å². The fourth-order valence-corrected chi connectivity index (χ4v) is 3.32. The van der Waals surface area contributed by atoms with Gasteiger partial charge >= 0.3 is 0 Å². The van der Waals surface area contributed by atoms with E-state index in [9.17, 15) is 8.42 Å². The van der Waals surface area contributed by atoms with Crippen molar-refractivity contribution in [3.63, 3.8) is 0 Å². The average molecular weight is 278 g/mol. The maximum atomic E-state index is 12.1. The zero-order chi connectivity index (χ0) is 13.2. The second-order valence-electron chi connectivity index (χ2n) is 4.47. The van der Waals surface area contributed by atoms with Crippen LogP contribution in [0.3, 0.4) is 0 Å². The summed E-state index contributed by atoms with van der Waals surface area (Å²) < 4.78 is 33.2. The van der Waals surface area contributed by atoms with Gasteiger partial charge in [-0.15, -0.1) is 0 Å². The summed E-state index contributed by atoms with van der Waals surface area (Å²) in [6.07, 6.45) is 1.76. The van der Waals surface area contributed by atoms with Crippen molar-refractivity contribution in [3.05, 3.63) is 0 Å². The van der Waals surface area contributed by atoms with E-state index in [1.54, 1.807) is 0 Å². The second-order valence-corrected chi connectivity index (χ2v) is 6.18. The molecule has 1 atom stereocenters. The Bertz CT molecular complexity index is 414. The van der Waals surface area contributed by atoms with Crippen molar-refractivity contribution in [2.75, 3.05) is 26.3 Å². The van der Waals surface area contributed by atoms with Crippen molar-refractivity contribution in [1.29, 1.82) is 0 Å². The molecule has 0 aromatic rings. The van der Waals surface area contributed by atoms with Crippen LogP contribution < -0.4 is 10.5 Å². The van der Waals surface area contributed by atoms with Crippen molar-refractivity contribution in [2.45, 2.75) is 18.9 Å². The Morgan fingerprint density at radius 1 is 1.44 bits per heavy atom. The number of amidine groups is 1. The Morgan fingerprint density at radius 3 is 2.56 bits per heavy atom. The lowest BCUT2D eigenvalue weighted by Gasteiger charge is -2.28. The van der Waals surface area contributed by atoms with E-state index in [2.05, 4.69) is 9.88 Å². The molecule has 0 bridgehead atoms. The summed E-state index contributed by atoms with van der Waals surface area (Å²) in [4.78, 5) is 0. The SMILES string of the molecule is NC(=NO)C(NS(=O)(=O)N1CCOCC1)C1CC1. The van der Waals surface area contributed by atoms with Crippen molar-refractivity contribution in [1.82, 2.24) is 9.03 Å². The zero-order valence-corrected chi connectivity index (χ0v) is 10.8. The fraction of sp³-hybridized carbons (Fsp3) is 0.889. The minimum absolute atomic E-state index is 0.0886. The molecule has 2 rings (SSSR count). The molecule has 104 valence electrons. The molecular formula is C9H18N4O4S. The summed E-state index contributed by atoms with van der Waals surface area (Å²) >= 11 is 0. The molecule has 2 fully saturated rings. The monoisotopic (exact) mass is 278 g/mol. The van der Waals surface area contributed by atoms with Crippen LogP contribution in [0.2, 0.25) is 0 Å². The Morgan fingerprint density at radius 2 is 2.06 bits per heavy atom. The maximum Gasteiger partial charge on any atom is 0.280 e. The number of morpholine rings is 1. The van der Waals surface area contributed by atoms with Crippen molar-refractivity contribution in [2.24, 2.45) is 16.8 Å². The lowest BCUT2D eigenvalue weighted by atomic mass is 10.2. The first-order valence-corrected chi connectivity index (χ1v) is 7.31. The lowest BCUT2D eigenvalue weighted by Crippen LogP contribution is -2.53. The molecule has 0 spiro atoms. The first-order chi connectivity index (χ1) is 8.54. The van der Waals surface area contributed by atoms with E-state index in [-0.39, 0.29) is 11.8 Å². The van der Waals surface area contributed by atoms with E-state index in [4.69, 9.17) is 15.7 Å². The largest absolute Gasteiger partial charge is 0.409 e. The van der Waals surface area contributed by atoms with Gasteiger partial charge < -0.3 is 15.7 Å². The van der Waals surface area contributed by atoms with Crippen molar-refractivity contribution in [3.8, 4) is 0 Å². The van der Waals surface area contributed by atoms with Gasteiger partial charge in [-0.2, -0.15) is 17.4 Å². The standard InChI is InChI=1S/C9H18N4O4S/c10-9(11-14)8(7-1-2-7)12-18(15,16)13-3-5-17-6-4-13/h7-8,12,14H,1-6H2,(H2,10,11). The van der Waals surface area contributed by atoms with E-state index in [1.165, 1.54) is 4.31 Å². The van der Waals surface area contributed by atoms with E-state index in [1.807, 2.05) is 0 Å². The zero-order valence-electron chi connectivity index (χ0n) is 9.95. The molecule has 1 saturated heterocycles. The van der Waals surface area contributed by atoms with Crippen molar-refractivity contribution >= 4 is 16.0 Å². The van der Waals surface area contributed by atoms with Gasteiger partial charge in [0.15, 0.2) is 5.84 Å². The van der Waals surface area contributed by atoms with Gasteiger partial charge in [-0.25, -0.2) is 0 Å². The molecule has 2 aliphatic rings. The smallest absolute Gasteiger partial charge is 0.280 e. The van der Waals surface area contributed by atoms with E-state index in [0.29, 0.717) is 26.3 Å². The number of hydrogen-bond donors (Lipinski definition) is 3. The quantitative estimate of drug-likeness (QED) is 0.249. The van der Waals surface area contributed by atoms with Gasteiger partial charge in [0.25, 0.3) is 10.2 Å². The third-order valence-corrected chi connectivity index (χ3v) is 4.71. The number of hydrogen-bond acceptors (Lipinski definition) is 5. The first-order valence-electron chi connectivity index (χ1n) is 5.87. The Balaban J connectivity index is 2.05. The molecule has 1 saturated carbocycles. The highest BCUT2D eigenvalue weighted by Gasteiger charge is 2.38. The van der Waals surface area contributed by atoms with Crippen LogP contribution in [-0.2, 0) is 14.9 Å². The molecule has 1 aliphatic heterocycles. The fourth-order valence-electron chi connectivity index (χ4n) is 1.91. The number of rotatable bonds is 5. The summed E-state index contributed by atoms with van der Waals surface area (Å²) in [6.45, 7) is 1.42. The van der Waals surface area contributed by atoms with Gasteiger partial charge in [0.2, 0.25) is 0 Å². The highest BCUT2D eigenvalue weighted by Crippen LogP contribution is 2.33. The number of oxime groups is 1. The van der Waals surface area contributed by atoms with Crippen LogP contribution in [0, 0.1) is 5.92 Å². The minimum atomic E-state index is -3.61. The van der Waals surface area contributed by atoms with Crippen LogP contribution in [0.25, 0.3) is 0 Å². The Hall–Kier alpha value is -0.900. The number of nitrogens with two attached hydrogens (primary N) is 1. The maximum absolute atomic E-state index is 12.1. The summed E-state index contributed by atoms with van der Waals surface area (Å²) in [5, 5.41) is 11.6. The molecule has 0 amide bonds. The van der Waals surface area contributed by atoms with Crippen molar-refractivity contribution < 1.29 is 18.4 Å². The Labute approximate surface area is 106 Å². The van der Waals surface area contributed by atoms with Crippen LogP contribution in [-0.4, -0.2) is 56.1 Å². The van der Waals surface area contributed by atoms with Crippen LogP contribution in [0.5, 0.6) is 0 Å². The third-order valence-electron chi connectivity index (χ3n) is 3.11. The molecule has 1 heterocycles. The molecule has 8 nitrogen and oxygen atoms in total. The molecule has 0 aromatic heterocycles. The normalized spacial score (nSPS) is 25.0. The predicted octanol–water partition coefficient (Wildman–Crippen LogP) is -1.32. The lowest BCUT2D eigenvalue weighted by molar-refractivity contribution is 0.0724. The second kappa shape index (κ2) is 5.39. The molecule has 1 unspecified atom stereocenters. The molecule has 9 heteroatoms. The van der Waals surface area contributed by atoms with Crippen LogP contribution in [0.15, 0.2) is 5.16 Å². The predicted molar refractivity (Wildman–Crippen MR) is 64.4 cm³/mol. The van der Waals surface area contributed by atoms with Gasteiger partial charge in [0, 0.05) is 13.1 Å². The molecule has 1 aliphatic carbocycles. The van der Waals surface area contributed by atoms with Crippen LogP contribution >= 0.6 is 0 Å². The minimum Gasteiger partial charge on any atom is -0.409 e. The van der Waals surface area contributed by atoms with Gasteiger partial charge in [-0.3, -0.25) is 0 Å². The summed E-state index contributed by atoms with van der Waals surface area (Å²) in [5.41, 5.74) is 5.52. The topological polar surface area (TPSA) is 117 Å². The number of nitrogens with one attached hydrogen (secondary N) is 1. The highest BCUT2D eigenvalue weighted by atomic mass is 32.2. The molecular weight excluding hydrogens is 260 g/mol. The Kier molecular flexibility index (Phi) is 4.05. The molecule has 0 radical (unpaired) electrons. The third kappa shape index (κ3) is 3.10. The molecule has 0 aromatic carbocycles. The number of ether oxygens (including phenoxy) is 1. The van der Waals surface area contributed by atoms with Gasteiger partial charge in [-0.1, -0.05) is 5.16 Å². The van der Waals surface area contributed by atoms with E-state index >= 15 is 0 Å². The first kappa shape index (κ1) is 13.5. The van der Waals surface area contributed by atoms with Gasteiger partial charge in [0.05, 0.1) is 19.3 Å². The summed E-state index contributed by atoms with van der Waals surface area (Å²) in [6, 6.07) is -0.622. The van der Waals surface area contributed by atoms with Gasteiger partial charge in [0.1, 0.15) is 0 Å². The summed E-state index contributed by atoms with van der Waals surface area (Å²) in [5.74, 6) is 0.0334. The van der Waals surface area contributed by atoms with Crippen LogP contribution in [0.4, 0.5) is 0 Å². The van der Waals surface area contributed by atoms with E-state index in [0.717, 1.165) is 12.8 Å². The number of nitrogens with zero attached hydrogens (tertiary/aromatic N) is 2. The molecule has 4 N–H and O–H groups in total. The average Bonchev–Trinajstić information content (AvgIpc) is 3.20. The molecule has 18 heavy (non-hydrogen) atoms. The van der Waals surface area contributed by atoms with E-state index < -0.39 is 16.3 Å². The highest BCUT2D eigenvalue weighted by molar-refractivity contribution is 7.87. The van der Waals surface area contributed by atoms with Gasteiger partial charge in [-0.05, 0) is 18.8 Å².